The molecule has 0 fully saturated rings. The van der Waals surface area contributed by atoms with E-state index < -0.39 is 21.9 Å². The maximum Gasteiger partial charge on any atom is 0.262 e. The van der Waals surface area contributed by atoms with Crippen molar-refractivity contribution in [1.29, 1.82) is 0 Å². The van der Waals surface area contributed by atoms with Crippen LogP contribution in [0.15, 0.2) is 35.7 Å². The van der Waals surface area contributed by atoms with Crippen molar-refractivity contribution < 1.29 is 18.4 Å². The van der Waals surface area contributed by atoms with Gasteiger partial charge in [-0.3, -0.25) is 14.6 Å². The fourth-order valence-corrected chi connectivity index (χ4v) is 5.55. The predicted octanol–water partition coefficient (Wildman–Crippen LogP) is 4.15. The van der Waals surface area contributed by atoms with Crippen molar-refractivity contribution in [2.45, 2.75) is 30.6 Å². The Morgan fingerprint density at radius 3 is 2.71 bits per heavy atom. The quantitative estimate of drug-likeness (QED) is 0.481. The van der Waals surface area contributed by atoms with Crippen LogP contribution in [0.25, 0.3) is 11.0 Å². The Morgan fingerprint density at radius 2 is 2.00 bits per heavy atom. The van der Waals surface area contributed by atoms with Crippen molar-refractivity contribution in [3.05, 3.63) is 52.9 Å². The van der Waals surface area contributed by atoms with E-state index in [1.807, 2.05) is 0 Å². The number of aliphatic imine (C=N–C) groups is 1. The van der Waals surface area contributed by atoms with Gasteiger partial charge in [-0.2, -0.15) is 0 Å². The number of nitrogens with two attached hydrogens (primary N) is 1. The average Bonchev–Trinajstić information content (AvgIpc) is 2.79. The number of nitrogens with zero attached hydrogens (tertiary/aromatic N) is 5. The summed E-state index contributed by atoms with van der Waals surface area (Å²) in [4.78, 5) is 35.0. The maximum absolute atomic E-state index is 15.2. The Balaban J connectivity index is 1.77. The topological polar surface area (TPSA) is 119 Å². The molecule has 0 aliphatic carbocycles. The second kappa shape index (κ2) is 9.17. The lowest BCUT2D eigenvalue weighted by Crippen LogP contribution is -2.50. The minimum absolute atomic E-state index is 0.0359. The van der Waals surface area contributed by atoms with E-state index in [-0.39, 0.29) is 34.6 Å². The normalized spacial score (nSPS) is 22.1. The van der Waals surface area contributed by atoms with E-state index in [1.54, 1.807) is 19.9 Å². The van der Waals surface area contributed by atoms with Crippen molar-refractivity contribution in [3.8, 4) is 0 Å². The summed E-state index contributed by atoms with van der Waals surface area (Å²) >= 11 is 7.03. The van der Waals surface area contributed by atoms with Crippen molar-refractivity contribution in [3.63, 3.8) is 0 Å². The van der Waals surface area contributed by atoms with Crippen LogP contribution in [0.2, 0.25) is 5.02 Å². The predicted molar refractivity (Wildman–Crippen MR) is 131 cm³/mol. The van der Waals surface area contributed by atoms with Gasteiger partial charge in [0.2, 0.25) is 0 Å². The van der Waals surface area contributed by atoms with Crippen molar-refractivity contribution in [2.75, 3.05) is 19.5 Å². The van der Waals surface area contributed by atoms with Crippen LogP contribution in [-0.2, 0) is 15.2 Å². The molecule has 0 saturated heterocycles. The molecule has 0 radical (unpaired) electrons. The van der Waals surface area contributed by atoms with E-state index in [0.717, 1.165) is 22.9 Å². The first-order chi connectivity index (χ1) is 16.5. The second-order valence-corrected chi connectivity index (χ2v) is 10.4. The summed E-state index contributed by atoms with van der Waals surface area (Å²) in [5.41, 5.74) is 5.71. The molecule has 35 heavy (non-hydrogen) atoms. The molecule has 1 aliphatic heterocycles. The Kier molecular flexibility index (Phi) is 6.56. The number of halogens is 3. The highest BCUT2D eigenvalue weighted by molar-refractivity contribution is 8.15. The van der Waals surface area contributed by atoms with Crippen molar-refractivity contribution in [2.24, 2.45) is 10.7 Å². The molecule has 0 unspecified atom stereocenters. The number of hydrogen-bond acceptors (Lipinski definition) is 9. The maximum atomic E-state index is 15.2. The van der Waals surface area contributed by atoms with Gasteiger partial charge in [0.15, 0.2) is 22.6 Å². The lowest BCUT2D eigenvalue weighted by molar-refractivity contribution is -0.171. The Hall–Kier alpha value is -3.09. The van der Waals surface area contributed by atoms with Gasteiger partial charge in [0.1, 0.15) is 16.6 Å². The number of benzene rings is 1. The van der Waals surface area contributed by atoms with Gasteiger partial charge in [-0.1, -0.05) is 23.4 Å². The number of rotatable bonds is 5. The third kappa shape index (κ3) is 4.73. The minimum atomic E-state index is -1.35. The molecule has 3 heterocycles. The zero-order valence-corrected chi connectivity index (χ0v) is 20.8. The minimum Gasteiger partial charge on any atom is -0.378 e. The van der Waals surface area contributed by atoms with E-state index in [2.05, 4.69) is 25.3 Å². The van der Waals surface area contributed by atoms with E-state index in [4.69, 9.17) is 22.2 Å². The first kappa shape index (κ1) is 25.0. The van der Waals surface area contributed by atoms with E-state index in [0.29, 0.717) is 16.1 Å². The summed E-state index contributed by atoms with van der Waals surface area (Å²) in [7, 11) is 2.82. The Bertz CT molecular complexity index is 1360. The SMILES string of the molecule is CON(C)C(=O)[C@@]1(C)C[C@@](C)(c2cc(Nc3ncnc4cc(Cl)cnc34)cc(F)c2F)N=C(N)S1. The number of aromatic nitrogens is 3. The molecule has 3 aromatic rings. The highest BCUT2D eigenvalue weighted by Gasteiger charge is 2.49. The molecule has 9 nitrogen and oxygen atoms in total. The number of pyridine rings is 1. The molecular weight excluding hydrogens is 500 g/mol. The number of amides is 1. The molecule has 0 bridgehead atoms. The molecular formula is C22H22ClF2N7O2S. The monoisotopic (exact) mass is 521 g/mol. The third-order valence-corrected chi connectivity index (χ3v) is 6.97. The molecule has 0 saturated carbocycles. The van der Waals surface area contributed by atoms with Gasteiger partial charge in [0, 0.05) is 37.0 Å². The standard InChI is InChI=1S/C22H22ClF2N7O2S/c1-21(9-22(2,35-20(26)31-21)19(33)32(3)34-4)13-6-12(7-14(24)16(13)25)30-18-17-15(28-10-29-18)5-11(23)8-27-17/h5-8,10H,9H2,1-4H3,(H2,26,31)(H,28,29,30)/t21-,22+/m0/s1. The number of fused-ring (bicyclic) bond motifs is 1. The first-order valence-corrected chi connectivity index (χ1v) is 11.5. The number of hydrogen-bond donors (Lipinski definition) is 2. The number of thioether (sulfide) groups is 1. The molecule has 2 aromatic heterocycles. The fraction of sp³-hybridized carbons (Fsp3) is 0.318. The third-order valence-electron chi connectivity index (χ3n) is 5.69. The lowest BCUT2D eigenvalue weighted by Gasteiger charge is -2.41. The largest absolute Gasteiger partial charge is 0.378 e. The van der Waals surface area contributed by atoms with Crippen LogP contribution >= 0.6 is 23.4 Å². The Labute approximate surface area is 209 Å². The average molecular weight is 522 g/mol. The van der Waals surface area contributed by atoms with Crippen molar-refractivity contribution >= 4 is 57.0 Å². The van der Waals surface area contributed by atoms with Crippen LogP contribution in [0.3, 0.4) is 0 Å². The summed E-state index contributed by atoms with van der Waals surface area (Å²) in [6.45, 7) is 3.26. The van der Waals surface area contributed by atoms with E-state index >= 15 is 4.39 Å². The van der Waals surface area contributed by atoms with Crippen LogP contribution in [0.4, 0.5) is 20.3 Å². The van der Waals surface area contributed by atoms with Crippen LogP contribution in [-0.4, -0.2) is 50.0 Å². The molecule has 184 valence electrons. The summed E-state index contributed by atoms with van der Waals surface area (Å²) < 4.78 is 28.8. The fourth-order valence-electron chi connectivity index (χ4n) is 4.12. The van der Waals surface area contributed by atoms with Crippen LogP contribution in [0, 0.1) is 11.6 Å². The molecule has 3 N–H and O–H groups in total. The summed E-state index contributed by atoms with van der Waals surface area (Å²) in [5.74, 6) is -2.30. The summed E-state index contributed by atoms with van der Waals surface area (Å²) in [6.07, 6.45) is 2.77. The zero-order chi connectivity index (χ0) is 25.5. The first-order valence-electron chi connectivity index (χ1n) is 10.4. The van der Waals surface area contributed by atoms with Gasteiger partial charge in [-0.15, -0.1) is 0 Å². The molecule has 1 aliphatic rings. The number of nitrogens with one attached hydrogen (secondary N) is 1. The van der Waals surface area contributed by atoms with Gasteiger partial charge in [-0.25, -0.2) is 28.8 Å². The summed E-state index contributed by atoms with van der Waals surface area (Å²) in [6, 6.07) is 4.03. The van der Waals surface area contributed by atoms with Gasteiger partial charge in [0.05, 0.1) is 23.2 Å². The van der Waals surface area contributed by atoms with Crippen molar-refractivity contribution in [1.82, 2.24) is 20.0 Å². The number of anilines is 2. The number of hydroxylamine groups is 2. The molecule has 0 spiro atoms. The molecule has 1 aromatic carbocycles. The lowest BCUT2D eigenvalue weighted by atomic mass is 9.82. The number of carbonyl (C=O) groups excluding carboxylic acids is 1. The van der Waals surface area contributed by atoms with Gasteiger partial charge >= 0.3 is 0 Å². The van der Waals surface area contributed by atoms with Gasteiger partial charge in [-0.05, 0) is 26.0 Å². The highest BCUT2D eigenvalue weighted by Crippen LogP contribution is 2.47. The number of carbonyl (C=O) groups is 1. The van der Waals surface area contributed by atoms with Crippen LogP contribution in [0.5, 0.6) is 0 Å². The van der Waals surface area contributed by atoms with E-state index in [1.165, 1.54) is 32.7 Å². The van der Waals surface area contributed by atoms with Crippen LogP contribution in [0.1, 0.15) is 25.8 Å². The molecule has 2 atom stereocenters. The molecule has 13 heteroatoms. The summed E-state index contributed by atoms with van der Waals surface area (Å²) in [5, 5.41) is 4.51. The molecule has 4 rings (SSSR count). The van der Waals surface area contributed by atoms with Gasteiger partial charge in [0.25, 0.3) is 5.91 Å². The second-order valence-electron chi connectivity index (χ2n) is 8.41. The van der Waals surface area contributed by atoms with E-state index in [9.17, 15) is 9.18 Å². The molecule has 1 amide bonds. The number of amidine groups is 1. The Morgan fingerprint density at radius 1 is 1.26 bits per heavy atom. The van der Waals surface area contributed by atoms with Crippen LogP contribution < -0.4 is 11.1 Å². The highest BCUT2D eigenvalue weighted by atomic mass is 35.5. The smallest absolute Gasteiger partial charge is 0.262 e. The van der Waals surface area contributed by atoms with Gasteiger partial charge < -0.3 is 11.1 Å². The zero-order valence-electron chi connectivity index (χ0n) is 19.3.